The number of aromatic nitrogens is 3. The highest BCUT2D eigenvalue weighted by Gasteiger charge is 2.23. The van der Waals surface area contributed by atoms with Gasteiger partial charge >= 0.3 is 11.9 Å². The molecule has 0 aliphatic rings. The summed E-state index contributed by atoms with van der Waals surface area (Å²) in [6, 6.07) is 21.3. The normalized spacial score (nSPS) is 11.2. The number of esters is 2. The van der Waals surface area contributed by atoms with Gasteiger partial charge in [0.1, 0.15) is 11.5 Å². The number of unbranched alkanes of at least 4 members (excludes halogenated alkanes) is 30. The second-order valence-electron chi connectivity index (χ2n) is 24.2. The highest BCUT2D eigenvalue weighted by Crippen LogP contribution is 2.42. The van der Waals surface area contributed by atoms with E-state index in [0.717, 1.165) is 88.2 Å². The first-order valence-electron chi connectivity index (χ1n) is 35.5. The number of rotatable bonds is 54. The minimum Gasteiger partial charge on any atom is -0.490 e. The summed E-state index contributed by atoms with van der Waals surface area (Å²) in [6.07, 6.45) is 41.1. The third kappa shape index (κ3) is 29.5. The van der Waals surface area contributed by atoms with Gasteiger partial charge in [0.05, 0.1) is 50.8 Å². The average Bonchev–Trinajstić information content (AvgIpc) is 1.59. The zero-order chi connectivity index (χ0) is 63.2. The highest BCUT2D eigenvalue weighted by atomic mass is 16.6. The summed E-state index contributed by atoms with van der Waals surface area (Å²) in [4.78, 5) is 31.4. The Labute approximate surface area is 537 Å². The van der Waals surface area contributed by atoms with Crippen LogP contribution in [0.1, 0.15) is 293 Å². The van der Waals surface area contributed by atoms with Crippen LogP contribution in [-0.4, -0.2) is 66.8 Å². The number of hydrogen-bond acceptors (Lipinski definition) is 12. The Morgan fingerprint density at radius 2 is 0.528 bits per heavy atom. The molecule has 0 fully saturated rings. The van der Waals surface area contributed by atoms with E-state index in [4.69, 9.17) is 37.9 Å². The molecule has 0 spiro atoms. The van der Waals surface area contributed by atoms with Crippen LogP contribution in [0, 0.1) is 0 Å². The van der Waals surface area contributed by atoms with Crippen LogP contribution in [0.15, 0.2) is 72.8 Å². The number of benzene rings is 4. The van der Waals surface area contributed by atoms with Gasteiger partial charge in [0, 0.05) is 11.1 Å². The van der Waals surface area contributed by atoms with Crippen molar-refractivity contribution >= 4 is 11.9 Å². The van der Waals surface area contributed by atoms with E-state index in [1.54, 1.807) is 48.5 Å². The van der Waals surface area contributed by atoms with Crippen LogP contribution >= 0.6 is 0 Å². The van der Waals surface area contributed by atoms with E-state index < -0.39 is 11.9 Å². The largest absolute Gasteiger partial charge is 0.490 e. The van der Waals surface area contributed by atoms with Crippen LogP contribution in [0.4, 0.5) is 0 Å². The second kappa shape index (κ2) is 46.8. The molecule has 1 heterocycles. The molecule has 0 atom stereocenters. The van der Waals surface area contributed by atoms with Crippen molar-refractivity contribution in [3.63, 3.8) is 0 Å². The Balaban J connectivity index is 1.28. The maximum atomic E-state index is 14.1. The van der Waals surface area contributed by atoms with Crippen molar-refractivity contribution in [2.24, 2.45) is 0 Å². The van der Waals surface area contributed by atoms with Gasteiger partial charge in [0.2, 0.25) is 11.5 Å². The van der Waals surface area contributed by atoms with Gasteiger partial charge in [-0.1, -0.05) is 234 Å². The van der Waals surface area contributed by atoms with Crippen LogP contribution in [0.3, 0.4) is 0 Å². The van der Waals surface area contributed by atoms with Gasteiger partial charge in [-0.25, -0.2) is 9.59 Å². The van der Waals surface area contributed by atoms with E-state index in [2.05, 4.69) is 56.7 Å². The highest BCUT2D eigenvalue weighted by molar-refractivity contribution is 5.93. The van der Waals surface area contributed by atoms with E-state index >= 15 is 0 Å². The average molecular weight is 1230 g/mol. The SMILES string of the molecule is CCCCCCCCOc1cc(C(=O)Oc2ccc(-c3nnc(-c4ccc(OC(=O)c5cc(OCCCCCCCC)c(OCCCCCCCC)c(OCCCCCCCC)c5)cc4)[nH]3)cc2)cc(OCCCCCCCC)c1OCCCCCCCC. The Kier molecular flexibility index (Phi) is 38.6. The number of hydrogen-bond donors (Lipinski definition) is 1. The first-order chi connectivity index (χ1) is 43.8. The fourth-order valence-corrected chi connectivity index (χ4v) is 10.7. The zero-order valence-corrected chi connectivity index (χ0v) is 56.1. The number of nitrogens with zero attached hydrogens (tertiary/aromatic N) is 2. The first-order valence-corrected chi connectivity index (χ1v) is 35.5. The number of nitrogens with one attached hydrogen (secondary N) is 1. The molecule has 0 aliphatic heterocycles. The van der Waals surface area contributed by atoms with E-state index in [1.807, 2.05) is 24.3 Å². The molecule has 5 rings (SSSR count). The molecule has 13 nitrogen and oxygen atoms in total. The molecule has 1 aromatic heterocycles. The smallest absolute Gasteiger partial charge is 0.343 e. The fourth-order valence-electron chi connectivity index (χ4n) is 10.7. The van der Waals surface area contributed by atoms with Crippen molar-refractivity contribution in [3.8, 4) is 68.8 Å². The molecule has 1 N–H and O–H groups in total. The lowest BCUT2D eigenvalue weighted by molar-refractivity contribution is 0.0724. The molecule has 0 amide bonds. The lowest BCUT2D eigenvalue weighted by atomic mass is 10.1. The van der Waals surface area contributed by atoms with Gasteiger partial charge in [-0.3, -0.25) is 0 Å². The molecule has 13 heteroatoms. The Hall–Kier alpha value is -6.24. The van der Waals surface area contributed by atoms with Crippen LogP contribution < -0.4 is 37.9 Å². The van der Waals surface area contributed by atoms with Gasteiger partial charge in [-0.05, 0) is 111 Å². The summed E-state index contributed by atoms with van der Waals surface area (Å²) < 4.78 is 50.8. The third-order valence-corrected chi connectivity index (χ3v) is 16.2. The Morgan fingerprint density at radius 3 is 0.775 bits per heavy atom. The van der Waals surface area contributed by atoms with Crippen LogP contribution in [0.25, 0.3) is 22.8 Å². The Morgan fingerprint density at radius 1 is 0.303 bits per heavy atom. The molecule has 0 radical (unpaired) electrons. The molecule has 4 aromatic carbocycles. The van der Waals surface area contributed by atoms with Gasteiger partial charge < -0.3 is 42.9 Å². The molecule has 0 bridgehead atoms. The van der Waals surface area contributed by atoms with E-state index in [9.17, 15) is 9.59 Å². The van der Waals surface area contributed by atoms with E-state index in [0.29, 0.717) is 108 Å². The monoisotopic (exact) mass is 1230 g/mol. The number of aromatic amines is 1. The van der Waals surface area contributed by atoms with Crippen molar-refractivity contribution in [1.29, 1.82) is 0 Å². The van der Waals surface area contributed by atoms with Gasteiger partial charge in [-0.2, -0.15) is 0 Å². The van der Waals surface area contributed by atoms with Crippen molar-refractivity contribution in [1.82, 2.24) is 15.2 Å². The van der Waals surface area contributed by atoms with Crippen molar-refractivity contribution in [2.45, 2.75) is 273 Å². The predicted octanol–water partition coefficient (Wildman–Crippen LogP) is 22.0. The summed E-state index contributed by atoms with van der Waals surface area (Å²) in [7, 11) is 0. The molecule has 0 saturated heterocycles. The van der Waals surface area contributed by atoms with E-state index in [1.165, 1.54) is 154 Å². The first kappa shape index (κ1) is 73.5. The number of H-pyrrole nitrogens is 1. The topological polar surface area (TPSA) is 150 Å². The summed E-state index contributed by atoms with van der Waals surface area (Å²) in [6.45, 7) is 16.5. The fraction of sp³-hybridized carbons (Fsp3) is 0.632. The second-order valence-corrected chi connectivity index (χ2v) is 24.2. The van der Waals surface area contributed by atoms with Gasteiger partial charge in [0.15, 0.2) is 34.6 Å². The Bertz CT molecular complexity index is 2380. The lowest BCUT2D eigenvalue weighted by Crippen LogP contribution is -2.12. The quantitative estimate of drug-likeness (QED) is 0.0224. The lowest BCUT2D eigenvalue weighted by Gasteiger charge is -2.19. The van der Waals surface area contributed by atoms with Crippen molar-refractivity contribution in [3.05, 3.63) is 83.9 Å². The minimum absolute atomic E-state index is 0.325. The molecule has 89 heavy (non-hydrogen) atoms. The summed E-state index contributed by atoms with van der Waals surface area (Å²) >= 11 is 0. The zero-order valence-electron chi connectivity index (χ0n) is 56.1. The van der Waals surface area contributed by atoms with Gasteiger partial charge in [0.25, 0.3) is 0 Å². The predicted molar refractivity (Wildman–Crippen MR) is 363 cm³/mol. The van der Waals surface area contributed by atoms with Crippen LogP contribution in [-0.2, 0) is 0 Å². The number of ether oxygens (including phenoxy) is 8. The molecule has 0 aliphatic carbocycles. The van der Waals surface area contributed by atoms with Crippen LogP contribution in [0.5, 0.6) is 46.0 Å². The van der Waals surface area contributed by atoms with Crippen molar-refractivity contribution < 1.29 is 47.5 Å². The summed E-state index contributed by atoms with van der Waals surface area (Å²) in [5.74, 6) is 3.90. The van der Waals surface area contributed by atoms with Gasteiger partial charge in [-0.15, -0.1) is 10.2 Å². The molecule has 5 aromatic rings. The van der Waals surface area contributed by atoms with Crippen LogP contribution in [0.2, 0.25) is 0 Å². The maximum absolute atomic E-state index is 14.1. The third-order valence-electron chi connectivity index (χ3n) is 16.2. The van der Waals surface area contributed by atoms with Crippen molar-refractivity contribution in [2.75, 3.05) is 39.6 Å². The summed E-state index contributed by atoms with van der Waals surface area (Å²) in [5, 5.41) is 8.91. The minimum atomic E-state index is -0.526. The summed E-state index contributed by atoms with van der Waals surface area (Å²) in [5.41, 5.74) is 2.15. The number of carbonyl (C=O) groups excluding carboxylic acids is 2. The maximum Gasteiger partial charge on any atom is 0.343 e. The molecule has 0 saturated carbocycles. The molecule has 494 valence electrons. The molecule has 0 unspecified atom stereocenters. The van der Waals surface area contributed by atoms with E-state index in [-0.39, 0.29) is 0 Å². The molecular formula is C76H115N3O10. The molecular weight excluding hydrogens is 1110 g/mol. The number of carbonyl (C=O) groups is 2. The standard InChI is InChI=1S/C76H115N3O10/c1-7-13-19-25-31-37-51-82-67-57-63(58-68(83-52-38-32-26-20-14-8-2)71(67)86-55-41-35-29-23-17-11-5)75(80)88-65-47-43-61(44-48-65)73-77-74(79-78-73)62-45-49-66(50-46-62)89-76(81)64-59-69(84-53-39-33-27-21-15-9-3)72(87-56-42-36-30-24-18-12-6)70(60-64)85-54-40-34-28-22-16-10-4/h43-50,57-60H,7-42,51-56H2,1-6H3,(H,77,78,79).